The summed E-state index contributed by atoms with van der Waals surface area (Å²) in [5.41, 5.74) is 0. The molecule has 1 aliphatic heterocycles. The highest BCUT2D eigenvalue weighted by atomic mass is 35.5. The van der Waals surface area contributed by atoms with Crippen LogP contribution in [0, 0.1) is 0 Å². The second kappa shape index (κ2) is 7.10. The summed E-state index contributed by atoms with van der Waals surface area (Å²) in [4.78, 5) is 19.3. The van der Waals surface area contributed by atoms with Gasteiger partial charge in [0.1, 0.15) is 10.0 Å². The minimum absolute atomic E-state index is 0.0223. The number of halogens is 2. The number of piperazine rings is 1. The van der Waals surface area contributed by atoms with Crippen LogP contribution in [0.1, 0.15) is 0 Å². The summed E-state index contributed by atoms with van der Waals surface area (Å²) < 4.78 is 26.5. The van der Waals surface area contributed by atoms with Crippen molar-refractivity contribution in [3.05, 3.63) is 22.4 Å². The van der Waals surface area contributed by atoms with Gasteiger partial charge in [-0.05, 0) is 13.1 Å². The van der Waals surface area contributed by atoms with Crippen LogP contribution in [0.15, 0.2) is 17.2 Å². The molecule has 0 aromatic carbocycles. The van der Waals surface area contributed by atoms with Crippen molar-refractivity contribution in [2.45, 2.75) is 4.90 Å². The first-order chi connectivity index (χ1) is 10.3. The molecule has 0 bridgehead atoms. The number of carbonyl (C=O) groups is 1. The van der Waals surface area contributed by atoms with E-state index < -0.39 is 10.0 Å². The lowest BCUT2D eigenvalue weighted by Crippen LogP contribution is -2.50. The molecule has 0 aliphatic carbocycles. The fourth-order valence-electron chi connectivity index (χ4n) is 1.96. The molecule has 1 amide bonds. The number of carbonyl (C=O) groups excluding carboxylic acids is 1. The lowest BCUT2D eigenvalue weighted by Gasteiger charge is -2.32. The van der Waals surface area contributed by atoms with Crippen molar-refractivity contribution < 1.29 is 13.2 Å². The van der Waals surface area contributed by atoms with Gasteiger partial charge in [0.05, 0.1) is 11.6 Å². The van der Waals surface area contributed by atoms with Gasteiger partial charge < -0.3 is 9.80 Å². The zero-order valence-electron chi connectivity index (χ0n) is 11.9. The standard InChI is InChI=1S/C12H16Cl2N4O3S/c1-17-2-4-18(5-3-17)11(19)8-16-22(20,21)9-6-10(13)12(14)15-7-9/h6-7,16H,2-5,8H2,1H3. The van der Waals surface area contributed by atoms with Crippen LogP contribution in [-0.2, 0) is 14.8 Å². The Balaban J connectivity index is 1.97. The number of pyridine rings is 1. The van der Waals surface area contributed by atoms with Crippen molar-refractivity contribution >= 4 is 39.1 Å². The predicted octanol–water partition coefficient (Wildman–Crippen LogP) is 0.441. The third-order valence-corrected chi connectivity index (χ3v) is 5.41. The van der Waals surface area contributed by atoms with E-state index in [1.54, 1.807) is 4.90 Å². The van der Waals surface area contributed by atoms with Gasteiger partial charge in [0.25, 0.3) is 0 Å². The largest absolute Gasteiger partial charge is 0.339 e. The zero-order valence-corrected chi connectivity index (χ0v) is 14.2. The van der Waals surface area contributed by atoms with Gasteiger partial charge in [-0.2, -0.15) is 0 Å². The van der Waals surface area contributed by atoms with Gasteiger partial charge in [0, 0.05) is 32.4 Å². The van der Waals surface area contributed by atoms with Crippen molar-refractivity contribution in [3.8, 4) is 0 Å². The maximum absolute atomic E-state index is 12.1. The van der Waals surface area contributed by atoms with E-state index in [-0.39, 0.29) is 27.5 Å². The van der Waals surface area contributed by atoms with Crippen LogP contribution in [0.2, 0.25) is 10.2 Å². The molecule has 1 N–H and O–H groups in total. The number of amides is 1. The minimum atomic E-state index is -3.86. The van der Waals surface area contributed by atoms with E-state index in [4.69, 9.17) is 23.2 Å². The lowest BCUT2D eigenvalue weighted by molar-refractivity contribution is -0.131. The van der Waals surface area contributed by atoms with Crippen LogP contribution in [-0.4, -0.2) is 68.9 Å². The molecule has 0 radical (unpaired) electrons. The molecule has 22 heavy (non-hydrogen) atoms. The summed E-state index contributed by atoms with van der Waals surface area (Å²) in [6.07, 6.45) is 1.09. The van der Waals surface area contributed by atoms with Gasteiger partial charge in [-0.25, -0.2) is 18.1 Å². The van der Waals surface area contributed by atoms with E-state index in [1.807, 2.05) is 7.05 Å². The van der Waals surface area contributed by atoms with Gasteiger partial charge >= 0.3 is 0 Å². The van der Waals surface area contributed by atoms with Gasteiger partial charge in [0.2, 0.25) is 15.9 Å². The van der Waals surface area contributed by atoms with E-state index >= 15 is 0 Å². The fourth-order valence-corrected chi connectivity index (χ4v) is 3.24. The summed E-state index contributed by atoms with van der Waals surface area (Å²) >= 11 is 11.4. The Hall–Kier alpha value is -0.930. The number of rotatable bonds is 4. The molecular formula is C12H16Cl2N4O3S. The maximum Gasteiger partial charge on any atom is 0.242 e. The Labute approximate surface area is 139 Å². The number of hydrogen-bond donors (Lipinski definition) is 1. The number of aromatic nitrogens is 1. The lowest BCUT2D eigenvalue weighted by atomic mass is 10.3. The van der Waals surface area contributed by atoms with Crippen LogP contribution in [0.4, 0.5) is 0 Å². The van der Waals surface area contributed by atoms with E-state index in [0.29, 0.717) is 13.1 Å². The molecule has 10 heteroatoms. The van der Waals surface area contributed by atoms with Crippen molar-refractivity contribution in [2.75, 3.05) is 39.8 Å². The number of likely N-dealkylation sites (N-methyl/N-ethyl adjacent to an activating group) is 1. The van der Waals surface area contributed by atoms with Crippen LogP contribution in [0.5, 0.6) is 0 Å². The Morgan fingerprint density at radius 1 is 1.32 bits per heavy atom. The summed E-state index contributed by atoms with van der Waals surface area (Å²) in [6, 6.07) is 1.19. The number of hydrogen-bond acceptors (Lipinski definition) is 5. The molecule has 0 unspecified atom stereocenters. The molecule has 1 fully saturated rings. The first kappa shape index (κ1) is 17.4. The molecule has 0 saturated carbocycles. The minimum Gasteiger partial charge on any atom is -0.339 e. The van der Waals surface area contributed by atoms with E-state index in [0.717, 1.165) is 19.3 Å². The molecule has 1 saturated heterocycles. The molecule has 122 valence electrons. The van der Waals surface area contributed by atoms with Crippen molar-refractivity contribution in [1.29, 1.82) is 0 Å². The zero-order chi connectivity index (χ0) is 16.3. The monoisotopic (exact) mass is 366 g/mol. The number of sulfonamides is 1. The second-order valence-electron chi connectivity index (χ2n) is 4.95. The van der Waals surface area contributed by atoms with Crippen LogP contribution >= 0.6 is 23.2 Å². The second-order valence-corrected chi connectivity index (χ2v) is 7.48. The molecular weight excluding hydrogens is 351 g/mol. The van der Waals surface area contributed by atoms with Crippen LogP contribution in [0.3, 0.4) is 0 Å². The third-order valence-electron chi connectivity index (χ3n) is 3.35. The van der Waals surface area contributed by atoms with Crippen molar-refractivity contribution in [1.82, 2.24) is 19.5 Å². The van der Waals surface area contributed by atoms with Gasteiger partial charge in [0.15, 0.2) is 0 Å². The fraction of sp³-hybridized carbons (Fsp3) is 0.500. The Morgan fingerprint density at radius 3 is 2.55 bits per heavy atom. The first-order valence-electron chi connectivity index (χ1n) is 6.56. The van der Waals surface area contributed by atoms with Gasteiger partial charge in [-0.1, -0.05) is 23.2 Å². The summed E-state index contributed by atoms with van der Waals surface area (Å²) in [5, 5.41) is 0.0593. The molecule has 0 spiro atoms. The Bertz CT molecular complexity index is 660. The number of nitrogens with zero attached hydrogens (tertiary/aromatic N) is 3. The molecule has 1 aromatic rings. The van der Waals surface area contributed by atoms with Crippen molar-refractivity contribution in [2.24, 2.45) is 0 Å². The van der Waals surface area contributed by atoms with Crippen LogP contribution < -0.4 is 4.72 Å². The maximum atomic E-state index is 12.1. The van der Waals surface area contributed by atoms with E-state index in [9.17, 15) is 13.2 Å². The molecule has 0 atom stereocenters. The molecule has 2 rings (SSSR count). The summed E-state index contributed by atoms with van der Waals surface area (Å²) in [7, 11) is -1.88. The smallest absolute Gasteiger partial charge is 0.242 e. The first-order valence-corrected chi connectivity index (χ1v) is 8.80. The number of nitrogens with one attached hydrogen (secondary N) is 1. The quantitative estimate of drug-likeness (QED) is 0.781. The summed E-state index contributed by atoms with van der Waals surface area (Å²) in [5.74, 6) is -0.260. The van der Waals surface area contributed by atoms with E-state index in [1.165, 1.54) is 6.07 Å². The Kier molecular flexibility index (Phi) is 5.62. The predicted molar refractivity (Wildman–Crippen MR) is 83.5 cm³/mol. The molecule has 7 nitrogen and oxygen atoms in total. The Morgan fingerprint density at radius 2 is 1.95 bits per heavy atom. The van der Waals surface area contributed by atoms with Gasteiger partial charge in [-0.15, -0.1) is 0 Å². The topological polar surface area (TPSA) is 82.6 Å². The van der Waals surface area contributed by atoms with E-state index in [2.05, 4.69) is 14.6 Å². The SMILES string of the molecule is CN1CCN(C(=O)CNS(=O)(=O)c2cnc(Cl)c(Cl)c2)CC1. The highest BCUT2D eigenvalue weighted by Gasteiger charge is 2.22. The van der Waals surface area contributed by atoms with Crippen LogP contribution in [0.25, 0.3) is 0 Å². The highest BCUT2D eigenvalue weighted by molar-refractivity contribution is 7.89. The highest BCUT2D eigenvalue weighted by Crippen LogP contribution is 2.21. The van der Waals surface area contributed by atoms with Crippen molar-refractivity contribution in [3.63, 3.8) is 0 Å². The average molecular weight is 367 g/mol. The van der Waals surface area contributed by atoms with Gasteiger partial charge in [-0.3, -0.25) is 4.79 Å². The molecule has 2 heterocycles. The normalized spacial score (nSPS) is 16.8. The molecule has 1 aromatic heterocycles. The third kappa shape index (κ3) is 4.30. The average Bonchev–Trinajstić information content (AvgIpc) is 2.48. The molecule has 1 aliphatic rings. The summed E-state index contributed by atoms with van der Waals surface area (Å²) in [6.45, 7) is 2.42.